The number of nitrogens with zero attached hydrogens (tertiary/aromatic N) is 1. The fraction of sp³-hybridized carbons (Fsp3) is 0.130. The van der Waals surface area contributed by atoms with Gasteiger partial charge in [-0.3, -0.25) is 9.59 Å². The van der Waals surface area contributed by atoms with E-state index in [1.807, 2.05) is 37.3 Å². The van der Waals surface area contributed by atoms with Crippen LogP contribution < -0.4 is 0 Å². The Hall–Kier alpha value is -3.60. The van der Waals surface area contributed by atoms with Crippen LogP contribution in [0.25, 0.3) is 5.76 Å². The van der Waals surface area contributed by atoms with Crippen molar-refractivity contribution in [3.63, 3.8) is 0 Å². The van der Waals surface area contributed by atoms with Crippen LogP contribution in [0.5, 0.6) is 0 Å². The molecule has 1 amide bonds. The van der Waals surface area contributed by atoms with E-state index in [9.17, 15) is 14.7 Å². The molecule has 5 nitrogen and oxygen atoms in total. The Kier molecular flexibility index (Phi) is 4.57. The van der Waals surface area contributed by atoms with Gasteiger partial charge >= 0.3 is 0 Å². The molecule has 2 aromatic carbocycles. The highest BCUT2D eigenvalue weighted by Crippen LogP contribution is 2.40. The maximum Gasteiger partial charge on any atom is 0.296 e. The van der Waals surface area contributed by atoms with Crippen LogP contribution in [-0.4, -0.2) is 21.7 Å². The van der Waals surface area contributed by atoms with Crippen molar-refractivity contribution in [1.29, 1.82) is 0 Å². The molecule has 28 heavy (non-hydrogen) atoms. The number of likely N-dealkylation sites (tertiary alicyclic amines) is 1. The van der Waals surface area contributed by atoms with Crippen molar-refractivity contribution in [3.05, 3.63) is 101 Å². The lowest BCUT2D eigenvalue weighted by molar-refractivity contribution is -0.140. The monoisotopic (exact) mass is 373 g/mol. The van der Waals surface area contributed by atoms with Gasteiger partial charge in [-0.1, -0.05) is 60.2 Å². The molecule has 4 rings (SSSR count). The van der Waals surface area contributed by atoms with Crippen molar-refractivity contribution < 1.29 is 19.1 Å². The molecule has 1 aliphatic heterocycles. The van der Waals surface area contributed by atoms with Gasteiger partial charge in [-0.15, -0.1) is 0 Å². The minimum absolute atomic E-state index is 0.0895. The highest BCUT2D eigenvalue weighted by atomic mass is 16.3. The van der Waals surface area contributed by atoms with Gasteiger partial charge in [0.1, 0.15) is 11.5 Å². The van der Waals surface area contributed by atoms with Gasteiger partial charge in [0.05, 0.1) is 24.4 Å². The predicted molar refractivity (Wildman–Crippen MR) is 104 cm³/mol. The number of Topliss-reactive ketones (excluding diaryl/α,β-unsaturated/α-hetero) is 1. The molecule has 0 spiro atoms. The SMILES string of the molecule is Cc1ccc(C2/C(=C(/O)c3ccccc3)C(=O)C(=O)N2Cc2ccco2)cc1. The minimum atomic E-state index is -0.696. The number of carbonyl (C=O) groups is 2. The third-order valence-corrected chi connectivity index (χ3v) is 4.89. The Morgan fingerprint density at radius 1 is 1.00 bits per heavy atom. The molecule has 0 radical (unpaired) electrons. The van der Waals surface area contributed by atoms with E-state index in [1.165, 1.54) is 11.2 Å². The standard InChI is InChI=1S/C23H19NO4/c1-15-9-11-16(12-10-15)20-19(21(25)17-6-3-2-4-7-17)22(26)23(27)24(20)14-18-8-5-13-28-18/h2-13,20,25H,14H2,1H3/b21-19-. The van der Waals surface area contributed by atoms with E-state index in [1.54, 1.807) is 36.4 Å². The van der Waals surface area contributed by atoms with Gasteiger partial charge in [-0.05, 0) is 24.6 Å². The third-order valence-electron chi connectivity index (χ3n) is 4.89. The van der Waals surface area contributed by atoms with Crippen LogP contribution in [-0.2, 0) is 16.1 Å². The van der Waals surface area contributed by atoms with E-state index in [0.717, 1.165) is 11.1 Å². The number of hydrogen-bond acceptors (Lipinski definition) is 4. The first kappa shape index (κ1) is 17.8. The van der Waals surface area contributed by atoms with Crippen LogP contribution >= 0.6 is 0 Å². The third kappa shape index (κ3) is 3.11. The average Bonchev–Trinajstić information content (AvgIpc) is 3.31. The van der Waals surface area contributed by atoms with Crippen LogP contribution in [0.4, 0.5) is 0 Å². The normalized spacial score (nSPS) is 18.6. The molecule has 1 fully saturated rings. The van der Waals surface area contributed by atoms with Crippen molar-refractivity contribution in [2.24, 2.45) is 0 Å². The van der Waals surface area contributed by atoms with Crippen LogP contribution in [0, 0.1) is 6.92 Å². The summed E-state index contributed by atoms with van der Waals surface area (Å²) in [5.74, 6) is -0.955. The minimum Gasteiger partial charge on any atom is -0.507 e. The quantitative estimate of drug-likeness (QED) is 0.422. The van der Waals surface area contributed by atoms with Gasteiger partial charge < -0.3 is 14.4 Å². The van der Waals surface area contributed by atoms with E-state index < -0.39 is 17.7 Å². The number of aliphatic hydroxyl groups excluding tert-OH is 1. The second-order valence-electron chi connectivity index (χ2n) is 6.78. The van der Waals surface area contributed by atoms with Gasteiger partial charge in [-0.2, -0.15) is 0 Å². The first-order valence-electron chi connectivity index (χ1n) is 8.99. The molecular weight excluding hydrogens is 354 g/mol. The molecule has 2 heterocycles. The number of amides is 1. The van der Waals surface area contributed by atoms with Crippen molar-refractivity contribution in [2.75, 3.05) is 0 Å². The van der Waals surface area contributed by atoms with Crippen molar-refractivity contribution >= 4 is 17.4 Å². The smallest absolute Gasteiger partial charge is 0.296 e. The first-order valence-corrected chi connectivity index (χ1v) is 8.99. The summed E-state index contributed by atoms with van der Waals surface area (Å²) in [4.78, 5) is 27.1. The lowest BCUT2D eigenvalue weighted by Crippen LogP contribution is -2.29. The number of aryl methyl sites for hydroxylation is 1. The molecule has 0 saturated carbocycles. The highest BCUT2D eigenvalue weighted by Gasteiger charge is 2.46. The summed E-state index contributed by atoms with van der Waals surface area (Å²) in [6.07, 6.45) is 1.52. The van der Waals surface area contributed by atoms with E-state index in [-0.39, 0.29) is 17.9 Å². The highest BCUT2D eigenvalue weighted by molar-refractivity contribution is 6.46. The van der Waals surface area contributed by atoms with Gasteiger partial charge in [0, 0.05) is 5.56 Å². The second-order valence-corrected chi connectivity index (χ2v) is 6.78. The number of aliphatic hydroxyl groups is 1. The van der Waals surface area contributed by atoms with E-state index in [2.05, 4.69) is 0 Å². The van der Waals surface area contributed by atoms with E-state index in [0.29, 0.717) is 11.3 Å². The molecule has 1 saturated heterocycles. The van der Waals surface area contributed by atoms with Crippen LogP contribution in [0.1, 0.15) is 28.5 Å². The van der Waals surface area contributed by atoms with Crippen molar-refractivity contribution in [2.45, 2.75) is 19.5 Å². The lowest BCUT2D eigenvalue weighted by Gasteiger charge is -2.24. The zero-order valence-corrected chi connectivity index (χ0v) is 15.3. The first-order chi connectivity index (χ1) is 13.6. The Balaban J connectivity index is 1.86. The molecule has 3 aromatic rings. The Morgan fingerprint density at radius 3 is 2.36 bits per heavy atom. The van der Waals surface area contributed by atoms with Crippen molar-refractivity contribution in [3.8, 4) is 0 Å². The maximum absolute atomic E-state index is 12.9. The molecule has 1 unspecified atom stereocenters. The molecule has 5 heteroatoms. The maximum atomic E-state index is 12.9. The second kappa shape index (κ2) is 7.19. The topological polar surface area (TPSA) is 70.8 Å². The molecule has 140 valence electrons. The summed E-state index contributed by atoms with van der Waals surface area (Å²) in [6, 6.07) is 19.2. The van der Waals surface area contributed by atoms with E-state index >= 15 is 0 Å². The Bertz CT molecular complexity index is 1030. The number of ketones is 1. The molecule has 1 N–H and O–H groups in total. The Labute approximate surface area is 162 Å². The number of hydrogen-bond donors (Lipinski definition) is 1. The fourth-order valence-electron chi connectivity index (χ4n) is 3.46. The summed E-state index contributed by atoms with van der Waals surface area (Å²) in [6.45, 7) is 2.11. The molecule has 1 atom stereocenters. The molecule has 0 aliphatic carbocycles. The predicted octanol–water partition coefficient (Wildman–Crippen LogP) is 4.21. The largest absolute Gasteiger partial charge is 0.507 e. The summed E-state index contributed by atoms with van der Waals surface area (Å²) in [5.41, 5.74) is 2.41. The van der Waals surface area contributed by atoms with Crippen LogP contribution in [0.15, 0.2) is 83.0 Å². The Morgan fingerprint density at radius 2 is 1.71 bits per heavy atom. The van der Waals surface area contributed by atoms with Crippen molar-refractivity contribution in [1.82, 2.24) is 4.90 Å². The molecule has 1 aliphatic rings. The summed E-state index contributed by atoms with van der Waals surface area (Å²) >= 11 is 0. The van der Waals surface area contributed by atoms with Crippen LogP contribution in [0.2, 0.25) is 0 Å². The number of benzene rings is 2. The van der Waals surface area contributed by atoms with Gasteiger partial charge in [0.15, 0.2) is 0 Å². The average molecular weight is 373 g/mol. The lowest BCUT2D eigenvalue weighted by atomic mass is 9.95. The fourth-order valence-corrected chi connectivity index (χ4v) is 3.46. The van der Waals surface area contributed by atoms with Crippen LogP contribution in [0.3, 0.4) is 0 Å². The van der Waals surface area contributed by atoms with Gasteiger partial charge in [0.2, 0.25) is 0 Å². The molecule has 1 aromatic heterocycles. The zero-order valence-electron chi connectivity index (χ0n) is 15.3. The number of furan rings is 1. The molecular formula is C23H19NO4. The summed E-state index contributed by atoms with van der Waals surface area (Å²) < 4.78 is 5.38. The van der Waals surface area contributed by atoms with Gasteiger partial charge in [-0.25, -0.2) is 0 Å². The summed E-state index contributed by atoms with van der Waals surface area (Å²) in [5, 5.41) is 10.9. The zero-order chi connectivity index (χ0) is 19.7. The summed E-state index contributed by atoms with van der Waals surface area (Å²) in [7, 11) is 0. The molecule has 0 bridgehead atoms. The number of carbonyl (C=O) groups excluding carboxylic acids is 2. The number of rotatable bonds is 4. The van der Waals surface area contributed by atoms with Gasteiger partial charge in [0.25, 0.3) is 11.7 Å². The van der Waals surface area contributed by atoms with E-state index in [4.69, 9.17) is 4.42 Å².